The lowest BCUT2D eigenvalue weighted by Gasteiger charge is -2.41. The first kappa shape index (κ1) is 17.2. The van der Waals surface area contributed by atoms with Gasteiger partial charge < -0.3 is 14.5 Å². The van der Waals surface area contributed by atoms with Crippen LogP contribution >= 0.6 is 11.6 Å². The molecule has 6 heteroatoms. The summed E-state index contributed by atoms with van der Waals surface area (Å²) in [5.41, 5.74) is 0.860. The van der Waals surface area contributed by atoms with Gasteiger partial charge in [0, 0.05) is 25.2 Å². The molecule has 2 aliphatic heterocycles. The number of likely N-dealkylation sites (N-methyl/N-ethyl adjacent to an activating group) is 1. The molecule has 2 fully saturated rings. The summed E-state index contributed by atoms with van der Waals surface area (Å²) in [6.07, 6.45) is 1.49. The maximum Gasteiger partial charge on any atom is 0.254 e. The number of ether oxygens (including phenoxy) is 1. The van der Waals surface area contributed by atoms with Gasteiger partial charge in [0.25, 0.3) is 5.91 Å². The fourth-order valence-corrected chi connectivity index (χ4v) is 3.67. The Hall–Kier alpha value is -1.59. The summed E-state index contributed by atoms with van der Waals surface area (Å²) in [6.45, 7) is 3.62. The van der Waals surface area contributed by atoms with Crippen LogP contribution in [0.1, 0.15) is 31.4 Å². The van der Waals surface area contributed by atoms with Crippen molar-refractivity contribution in [3.05, 3.63) is 34.9 Å². The van der Waals surface area contributed by atoms with Gasteiger partial charge >= 0.3 is 0 Å². The number of hydrogen-bond acceptors (Lipinski definition) is 3. The number of carbonyl (C=O) groups excluding carboxylic acids is 2. The van der Waals surface area contributed by atoms with Crippen molar-refractivity contribution < 1.29 is 14.3 Å². The minimum Gasteiger partial charge on any atom is -0.356 e. The zero-order valence-electron chi connectivity index (χ0n) is 14.1. The molecular weight excluding hydrogens is 328 g/mol. The van der Waals surface area contributed by atoms with Crippen LogP contribution in [0.3, 0.4) is 0 Å². The van der Waals surface area contributed by atoms with Crippen LogP contribution in [0.4, 0.5) is 0 Å². The summed E-state index contributed by atoms with van der Waals surface area (Å²) < 4.78 is 5.69. The third kappa shape index (κ3) is 3.42. The van der Waals surface area contributed by atoms with Crippen LogP contribution in [0.2, 0.25) is 5.02 Å². The van der Waals surface area contributed by atoms with Crippen LogP contribution in [-0.4, -0.2) is 54.5 Å². The van der Waals surface area contributed by atoms with Crippen LogP contribution in [0.15, 0.2) is 24.3 Å². The van der Waals surface area contributed by atoms with E-state index < -0.39 is 12.1 Å². The molecule has 0 saturated carbocycles. The number of amides is 2. The molecule has 1 aromatic carbocycles. The van der Waals surface area contributed by atoms with E-state index >= 15 is 0 Å². The summed E-state index contributed by atoms with van der Waals surface area (Å²) in [4.78, 5) is 28.6. The fraction of sp³-hybridized carbons (Fsp3) is 0.556. The molecule has 3 atom stereocenters. The lowest BCUT2D eigenvalue weighted by Crippen LogP contribution is -2.55. The predicted octanol–water partition coefficient (Wildman–Crippen LogP) is 2.50. The van der Waals surface area contributed by atoms with Crippen molar-refractivity contribution in [3.8, 4) is 0 Å². The van der Waals surface area contributed by atoms with Gasteiger partial charge in [-0.3, -0.25) is 9.59 Å². The minimum atomic E-state index is -0.667. The van der Waals surface area contributed by atoms with Crippen molar-refractivity contribution in [2.45, 2.75) is 31.9 Å². The topological polar surface area (TPSA) is 49.9 Å². The Bertz CT molecular complexity index is 619. The highest BCUT2D eigenvalue weighted by atomic mass is 35.5. The van der Waals surface area contributed by atoms with Crippen LogP contribution in [0.5, 0.6) is 0 Å². The van der Waals surface area contributed by atoms with Gasteiger partial charge in [0.05, 0.1) is 6.04 Å². The van der Waals surface area contributed by atoms with Crippen molar-refractivity contribution in [1.29, 1.82) is 0 Å². The van der Waals surface area contributed by atoms with Gasteiger partial charge in [-0.1, -0.05) is 30.7 Å². The van der Waals surface area contributed by atoms with Crippen molar-refractivity contribution in [1.82, 2.24) is 9.80 Å². The Morgan fingerprint density at radius 1 is 1.29 bits per heavy atom. The van der Waals surface area contributed by atoms with Crippen molar-refractivity contribution in [2.24, 2.45) is 5.92 Å². The van der Waals surface area contributed by atoms with E-state index in [0.29, 0.717) is 10.9 Å². The summed E-state index contributed by atoms with van der Waals surface area (Å²) in [5.74, 6) is 0.353. The fourth-order valence-electron chi connectivity index (χ4n) is 3.55. The number of benzene rings is 1. The first-order valence-corrected chi connectivity index (χ1v) is 8.76. The molecule has 1 aromatic rings. The monoisotopic (exact) mass is 350 g/mol. The quantitative estimate of drug-likeness (QED) is 0.823. The number of hydrogen-bond donors (Lipinski definition) is 0. The third-order valence-electron chi connectivity index (χ3n) is 4.91. The Morgan fingerprint density at radius 3 is 2.67 bits per heavy atom. The molecule has 0 bridgehead atoms. The second-order valence-electron chi connectivity index (χ2n) is 6.76. The number of carbonyl (C=O) groups is 2. The SMILES string of the molecule is C[C@@H]1CCCN(C(=O)[C@@H]2OCC(=O)N(C)[C@@H]2c2ccc(Cl)cc2)C1. The predicted molar refractivity (Wildman–Crippen MR) is 91.7 cm³/mol. The molecule has 130 valence electrons. The van der Waals surface area contributed by atoms with E-state index in [4.69, 9.17) is 16.3 Å². The van der Waals surface area contributed by atoms with E-state index in [1.807, 2.05) is 17.0 Å². The Labute approximate surface area is 147 Å². The summed E-state index contributed by atoms with van der Waals surface area (Å²) in [5, 5.41) is 0.622. The van der Waals surface area contributed by atoms with Gasteiger partial charge in [-0.05, 0) is 36.5 Å². The Balaban J connectivity index is 1.87. The molecular formula is C18H23ClN2O3. The zero-order valence-corrected chi connectivity index (χ0v) is 14.8. The van der Waals surface area contributed by atoms with E-state index in [2.05, 4.69) is 6.92 Å². The number of halogens is 1. The molecule has 2 aliphatic rings. The minimum absolute atomic E-state index is 0.0270. The lowest BCUT2D eigenvalue weighted by atomic mass is 9.95. The molecule has 0 aromatic heterocycles. The second kappa shape index (κ2) is 7.11. The molecule has 0 unspecified atom stereocenters. The van der Waals surface area contributed by atoms with Crippen molar-refractivity contribution >= 4 is 23.4 Å². The average Bonchev–Trinajstić information content (AvgIpc) is 2.57. The molecule has 0 N–H and O–H groups in total. The number of likely N-dealkylation sites (tertiary alicyclic amines) is 1. The number of nitrogens with zero attached hydrogens (tertiary/aromatic N) is 2. The summed E-state index contributed by atoms with van der Waals surface area (Å²) in [7, 11) is 1.73. The largest absolute Gasteiger partial charge is 0.356 e. The van der Waals surface area contributed by atoms with E-state index in [0.717, 1.165) is 31.5 Å². The molecule has 2 saturated heterocycles. The molecule has 0 aliphatic carbocycles. The number of rotatable bonds is 2. The Morgan fingerprint density at radius 2 is 2.00 bits per heavy atom. The van der Waals surface area contributed by atoms with Gasteiger partial charge in [-0.15, -0.1) is 0 Å². The molecule has 2 amide bonds. The van der Waals surface area contributed by atoms with E-state index in [1.54, 1.807) is 24.1 Å². The highest BCUT2D eigenvalue weighted by Gasteiger charge is 2.42. The van der Waals surface area contributed by atoms with E-state index in [1.165, 1.54) is 0 Å². The van der Waals surface area contributed by atoms with Crippen molar-refractivity contribution in [2.75, 3.05) is 26.7 Å². The normalized spacial score (nSPS) is 28.1. The van der Waals surface area contributed by atoms with Crippen LogP contribution < -0.4 is 0 Å². The van der Waals surface area contributed by atoms with Crippen LogP contribution in [0, 0.1) is 5.92 Å². The number of piperidine rings is 1. The standard InChI is InChI=1S/C18H23ClN2O3/c1-12-4-3-9-21(10-12)18(23)17-16(20(2)15(22)11-24-17)13-5-7-14(19)8-6-13/h5-8,12,16-17H,3-4,9-11H2,1-2H3/t12-,16-,17-/m1/s1. The maximum absolute atomic E-state index is 13.0. The molecule has 24 heavy (non-hydrogen) atoms. The second-order valence-corrected chi connectivity index (χ2v) is 7.20. The number of morpholine rings is 1. The van der Waals surface area contributed by atoms with Crippen LogP contribution in [-0.2, 0) is 14.3 Å². The molecule has 0 spiro atoms. The summed E-state index contributed by atoms with van der Waals surface area (Å²) in [6, 6.07) is 6.82. The molecule has 3 rings (SSSR count). The highest BCUT2D eigenvalue weighted by molar-refractivity contribution is 6.30. The van der Waals surface area contributed by atoms with Crippen LogP contribution in [0.25, 0.3) is 0 Å². The maximum atomic E-state index is 13.0. The first-order chi connectivity index (χ1) is 11.5. The average molecular weight is 351 g/mol. The Kier molecular flexibility index (Phi) is 5.11. The van der Waals surface area contributed by atoms with Gasteiger partial charge in [-0.2, -0.15) is 0 Å². The van der Waals surface area contributed by atoms with E-state index in [-0.39, 0.29) is 18.4 Å². The van der Waals surface area contributed by atoms with Gasteiger partial charge in [0.2, 0.25) is 5.91 Å². The van der Waals surface area contributed by atoms with Crippen molar-refractivity contribution in [3.63, 3.8) is 0 Å². The lowest BCUT2D eigenvalue weighted by molar-refractivity contribution is -0.168. The van der Waals surface area contributed by atoms with Gasteiger partial charge in [0.15, 0.2) is 6.10 Å². The first-order valence-electron chi connectivity index (χ1n) is 8.39. The smallest absolute Gasteiger partial charge is 0.254 e. The molecule has 5 nitrogen and oxygen atoms in total. The molecule has 0 radical (unpaired) electrons. The van der Waals surface area contributed by atoms with Gasteiger partial charge in [-0.25, -0.2) is 0 Å². The van der Waals surface area contributed by atoms with Gasteiger partial charge in [0.1, 0.15) is 6.61 Å². The molecule has 2 heterocycles. The summed E-state index contributed by atoms with van der Waals surface area (Å²) >= 11 is 5.97. The zero-order chi connectivity index (χ0) is 17.3. The highest BCUT2D eigenvalue weighted by Crippen LogP contribution is 2.31. The van der Waals surface area contributed by atoms with E-state index in [9.17, 15) is 9.59 Å². The third-order valence-corrected chi connectivity index (χ3v) is 5.16.